The van der Waals surface area contributed by atoms with Gasteiger partial charge in [0, 0.05) is 24.4 Å². The van der Waals surface area contributed by atoms with Crippen molar-refractivity contribution in [3.63, 3.8) is 0 Å². The van der Waals surface area contributed by atoms with Gasteiger partial charge in [-0.15, -0.1) is 11.8 Å². The van der Waals surface area contributed by atoms with E-state index in [2.05, 4.69) is 29.6 Å². The molecule has 1 unspecified atom stereocenters. The topological polar surface area (TPSA) is 49.4 Å². The van der Waals surface area contributed by atoms with E-state index < -0.39 is 6.04 Å². The SMILES string of the molecule is CNC(=O)C(C)N(Cc1ccccc1Cl)C(=O)CSCc1ccc(C)cc1. The molecule has 0 saturated heterocycles. The molecule has 0 spiro atoms. The van der Waals surface area contributed by atoms with Crippen molar-refractivity contribution in [3.05, 3.63) is 70.2 Å². The van der Waals surface area contributed by atoms with Gasteiger partial charge in [0.1, 0.15) is 6.04 Å². The maximum absolute atomic E-state index is 12.8. The van der Waals surface area contributed by atoms with Crippen LogP contribution in [0.2, 0.25) is 5.02 Å². The summed E-state index contributed by atoms with van der Waals surface area (Å²) >= 11 is 7.79. The molecular weight excluding hydrogens is 380 g/mol. The summed E-state index contributed by atoms with van der Waals surface area (Å²) in [7, 11) is 1.57. The van der Waals surface area contributed by atoms with Crippen LogP contribution >= 0.6 is 23.4 Å². The van der Waals surface area contributed by atoms with Crippen LogP contribution in [0.4, 0.5) is 0 Å². The number of aryl methyl sites for hydroxylation is 1. The molecule has 27 heavy (non-hydrogen) atoms. The van der Waals surface area contributed by atoms with Gasteiger partial charge >= 0.3 is 0 Å². The standard InChI is InChI=1S/C21H25ClN2O2S/c1-15-8-10-17(11-9-15)13-27-14-20(25)24(16(2)21(26)23-3)12-18-6-4-5-7-19(18)22/h4-11,16H,12-14H2,1-3H3,(H,23,26). The Balaban J connectivity index is 2.04. The minimum absolute atomic E-state index is 0.0804. The van der Waals surface area contributed by atoms with Gasteiger partial charge in [0.2, 0.25) is 11.8 Å². The molecule has 2 aromatic rings. The Bertz CT molecular complexity index is 780. The van der Waals surface area contributed by atoms with Gasteiger partial charge in [-0.3, -0.25) is 9.59 Å². The molecule has 0 aliphatic rings. The van der Waals surface area contributed by atoms with Gasteiger partial charge in [0.15, 0.2) is 0 Å². The molecule has 0 fully saturated rings. The van der Waals surface area contributed by atoms with Gasteiger partial charge < -0.3 is 10.2 Å². The van der Waals surface area contributed by atoms with Crippen LogP contribution in [0, 0.1) is 6.92 Å². The number of halogens is 1. The summed E-state index contributed by atoms with van der Waals surface area (Å²) in [4.78, 5) is 26.5. The Morgan fingerprint density at radius 1 is 1.15 bits per heavy atom. The van der Waals surface area contributed by atoms with Crippen molar-refractivity contribution < 1.29 is 9.59 Å². The molecule has 0 aliphatic heterocycles. The lowest BCUT2D eigenvalue weighted by molar-refractivity contribution is -0.138. The van der Waals surface area contributed by atoms with E-state index >= 15 is 0 Å². The summed E-state index contributed by atoms with van der Waals surface area (Å²) in [6.07, 6.45) is 0. The summed E-state index contributed by atoms with van der Waals surface area (Å²) in [5.41, 5.74) is 3.22. The Morgan fingerprint density at radius 2 is 1.81 bits per heavy atom. The predicted octanol–water partition coefficient (Wildman–Crippen LogP) is 4.04. The Hall–Kier alpha value is -1.98. The molecule has 0 aromatic heterocycles. The van der Waals surface area contributed by atoms with Crippen LogP contribution in [0.25, 0.3) is 0 Å². The van der Waals surface area contributed by atoms with Gasteiger partial charge in [-0.2, -0.15) is 0 Å². The number of carbonyl (C=O) groups excluding carboxylic acids is 2. The van der Waals surface area contributed by atoms with Crippen molar-refractivity contribution in [1.29, 1.82) is 0 Å². The van der Waals surface area contributed by atoms with Crippen LogP contribution in [0.1, 0.15) is 23.6 Å². The lowest BCUT2D eigenvalue weighted by atomic mass is 10.1. The summed E-state index contributed by atoms with van der Waals surface area (Å²) in [5.74, 6) is 0.780. The molecule has 0 bridgehead atoms. The molecule has 2 amide bonds. The number of nitrogens with zero attached hydrogens (tertiary/aromatic N) is 1. The van der Waals surface area contributed by atoms with Crippen LogP contribution in [0.5, 0.6) is 0 Å². The molecule has 144 valence electrons. The van der Waals surface area contributed by atoms with Crippen molar-refractivity contribution in [3.8, 4) is 0 Å². The zero-order valence-corrected chi connectivity index (χ0v) is 17.4. The number of amides is 2. The molecule has 1 atom stereocenters. The molecular formula is C21H25ClN2O2S. The first-order valence-corrected chi connectivity index (χ1v) is 10.3. The molecule has 0 radical (unpaired) electrons. The van der Waals surface area contributed by atoms with Crippen LogP contribution in [-0.2, 0) is 21.9 Å². The number of nitrogens with one attached hydrogen (secondary N) is 1. The molecule has 2 aromatic carbocycles. The first kappa shape index (κ1) is 21.3. The summed E-state index contributed by atoms with van der Waals surface area (Å²) in [5, 5.41) is 3.20. The van der Waals surface area contributed by atoms with Gasteiger partial charge in [0.25, 0.3) is 0 Å². The van der Waals surface area contributed by atoms with E-state index in [4.69, 9.17) is 11.6 Å². The van der Waals surface area contributed by atoms with E-state index in [1.54, 1.807) is 36.7 Å². The number of thioether (sulfide) groups is 1. The van der Waals surface area contributed by atoms with E-state index in [9.17, 15) is 9.59 Å². The number of likely N-dealkylation sites (N-methyl/N-ethyl adjacent to an activating group) is 1. The van der Waals surface area contributed by atoms with E-state index in [1.807, 2.05) is 25.1 Å². The fraction of sp³-hybridized carbons (Fsp3) is 0.333. The zero-order valence-electron chi connectivity index (χ0n) is 15.9. The quantitative estimate of drug-likeness (QED) is 0.722. The molecule has 0 aliphatic carbocycles. The highest BCUT2D eigenvalue weighted by molar-refractivity contribution is 7.99. The lowest BCUT2D eigenvalue weighted by Gasteiger charge is -2.28. The minimum atomic E-state index is -0.571. The predicted molar refractivity (Wildman–Crippen MR) is 113 cm³/mol. The number of hydrogen-bond donors (Lipinski definition) is 1. The van der Waals surface area contributed by atoms with Crippen molar-refractivity contribution >= 4 is 35.2 Å². The number of benzene rings is 2. The third-order valence-electron chi connectivity index (χ3n) is 4.33. The summed E-state index contributed by atoms with van der Waals surface area (Å²) < 4.78 is 0. The molecule has 0 heterocycles. The van der Waals surface area contributed by atoms with Crippen LogP contribution in [-0.4, -0.2) is 35.6 Å². The second kappa shape index (κ2) is 10.4. The highest BCUT2D eigenvalue weighted by atomic mass is 35.5. The highest BCUT2D eigenvalue weighted by Crippen LogP contribution is 2.20. The molecule has 0 saturated carbocycles. The molecule has 4 nitrogen and oxygen atoms in total. The van der Waals surface area contributed by atoms with Gasteiger partial charge in [0.05, 0.1) is 5.75 Å². The summed E-state index contributed by atoms with van der Waals surface area (Å²) in [6, 6.07) is 15.1. The zero-order chi connectivity index (χ0) is 19.8. The number of hydrogen-bond acceptors (Lipinski definition) is 3. The number of carbonyl (C=O) groups is 2. The van der Waals surface area contributed by atoms with Crippen molar-refractivity contribution in [1.82, 2.24) is 10.2 Å². The van der Waals surface area contributed by atoms with Crippen LogP contribution in [0.15, 0.2) is 48.5 Å². The smallest absolute Gasteiger partial charge is 0.242 e. The maximum atomic E-state index is 12.8. The van der Waals surface area contributed by atoms with Crippen molar-refractivity contribution in [2.75, 3.05) is 12.8 Å². The van der Waals surface area contributed by atoms with E-state index in [-0.39, 0.29) is 11.8 Å². The van der Waals surface area contributed by atoms with Gasteiger partial charge in [-0.1, -0.05) is 59.6 Å². The van der Waals surface area contributed by atoms with Gasteiger partial charge in [-0.25, -0.2) is 0 Å². The fourth-order valence-electron chi connectivity index (χ4n) is 2.63. The first-order valence-electron chi connectivity index (χ1n) is 8.80. The molecule has 1 N–H and O–H groups in total. The van der Waals surface area contributed by atoms with Gasteiger partial charge in [-0.05, 0) is 31.0 Å². The normalized spacial score (nSPS) is 11.7. The van der Waals surface area contributed by atoms with Crippen LogP contribution < -0.4 is 5.32 Å². The maximum Gasteiger partial charge on any atom is 0.242 e. The Labute approximate surface area is 170 Å². The van der Waals surface area contributed by atoms with Crippen LogP contribution in [0.3, 0.4) is 0 Å². The lowest BCUT2D eigenvalue weighted by Crippen LogP contribution is -2.47. The minimum Gasteiger partial charge on any atom is -0.357 e. The molecule has 2 rings (SSSR count). The largest absolute Gasteiger partial charge is 0.357 e. The fourth-order valence-corrected chi connectivity index (χ4v) is 3.69. The summed E-state index contributed by atoms with van der Waals surface area (Å²) in [6.45, 7) is 4.09. The third-order valence-corrected chi connectivity index (χ3v) is 5.68. The van der Waals surface area contributed by atoms with Crippen molar-refractivity contribution in [2.24, 2.45) is 0 Å². The highest BCUT2D eigenvalue weighted by Gasteiger charge is 2.25. The van der Waals surface area contributed by atoms with E-state index in [1.165, 1.54) is 11.1 Å². The first-order chi connectivity index (χ1) is 12.9. The van der Waals surface area contributed by atoms with Crippen molar-refractivity contribution in [2.45, 2.75) is 32.2 Å². The second-order valence-corrected chi connectivity index (χ2v) is 7.77. The number of rotatable bonds is 8. The average Bonchev–Trinajstić information content (AvgIpc) is 2.67. The third kappa shape index (κ3) is 6.29. The average molecular weight is 405 g/mol. The molecule has 6 heteroatoms. The second-order valence-electron chi connectivity index (χ2n) is 6.38. The van der Waals surface area contributed by atoms with E-state index in [0.717, 1.165) is 11.3 Å². The monoisotopic (exact) mass is 404 g/mol. The van der Waals surface area contributed by atoms with E-state index in [0.29, 0.717) is 17.3 Å². The Morgan fingerprint density at radius 3 is 2.44 bits per heavy atom. The Kier molecular flexibility index (Phi) is 8.20.